The van der Waals surface area contributed by atoms with Crippen molar-refractivity contribution in [1.82, 2.24) is 14.8 Å². The number of rotatable bonds is 4. The van der Waals surface area contributed by atoms with E-state index in [1.54, 1.807) is 18.3 Å². The summed E-state index contributed by atoms with van der Waals surface area (Å²) in [6.07, 6.45) is 4.18. The molecule has 0 aliphatic heterocycles. The second-order valence-electron chi connectivity index (χ2n) is 3.92. The monoisotopic (exact) mass is 255 g/mol. The smallest absolute Gasteiger partial charge is 0.225 e. The number of pyridine rings is 1. The van der Waals surface area contributed by atoms with E-state index in [9.17, 15) is 4.79 Å². The molecule has 2 aromatic rings. The van der Waals surface area contributed by atoms with Crippen molar-refractivity contribution in [2.75, 3.05) is 5.32 Å². The van der Waals surface area contributed by atoms with Crippen LogP contribution >= 0.6 is 0 Å². The zero-order valence-electron chi connectivity index (χ0n) is 10.5. The van der Waals surface area contributed by atoms with Gasteiger partial charge in [-0.3, -0.25) is 4.79 Å². The van der Waals surface area contributed by atoms with Crippen molar-refractivity contribution in [3.8, 4) is 11.9 Å². The average Bonchev–Trinajstić information content (AvgIpc) is 2.82. The highest BCUT2D eigenvalue weighted by Gasteiger charge is 2.14. The third-order valence-corrected chi connectivity index (χ3v) is 2.49. The summed E-state index contributed by atoms with van der Waals surface area (Å²) in [5.41, 5.74) is 0.315. The lowest BCUT2D eigenvalue weighted by Crippen LogP contribution is -2.15. The van der Waals surface area contributed by atoms with Gasteiger partial charge in [-0.05, 0) is 18.6 Å². The van der Waals surface area contributed by atoms with Crippen molar-refractivity contribution in [2.24, 2.45) is 0 Å². The number of amides is 1. The van der Waals surface area contributed by atoms with E-state index in [4.69, 9.17) is 5.26 Å². The summed E-state index contributed by atoms with van der Waals surface area (Å²) in [4.78, 5) is 15.8. The molecule has 0 aliphatic rings. The third kappa shape index (κ3) is 2.77. The van der Waals surface area contributed by atoms with Gasteiger partial charge in [0.1, 0.15) is 11.6 Å². The van der Waals surface area contributed by atoms with E-state index in [2.05, 4.69) is 15.4 Å². The molecule has 0 aromatic carbocycles. The van der Waals surface area contributed by atoms with E-state index in [1.165, 1.54) is 10.9 Å². The third-order valence-electron chi connectivity index (χ3n) is 2.49. The lowest BCUT2D eigenvalue weighted by molar-refractivity contribution is -0.116. The van der Waals surface area contributed by atoms with E-state index in [0.29, 0.717) is 23.6 Å². The molecule has 0 fully saturated rings. The number of nitrogens with zero attached hydrogens (tertiary/aromatic N) is 4. The molecule has 0 atom stereocenters. The fourth-order valence-corrected chi connectivity index (χ4v) is 1.62. The van der Waals surface area contributed by atoms with Crippen LogP contribution in [0.3, 0.4) is 0 Å². The molecule has 2 aromatic heterocycles. The van der Waals surface area contributed by atoms with Gasteiger partial charge in [0.15, 0.2) is 11.6 Å². The van der Waals surface area contributed by atoms with Gasteiger partial charge >= 0.3 is 0 Å². The van der Waals surface area contributed by atoms with Gasteiger partial charge in [0, 0.05) is 12.6 Å². The Balaban J connectivity index is 2.38. The number of carbonyl (C=O) groups is 1. The predicted molar refractivity (Wildman–Crippen MR) is 69.6 cm³/mol. The summed E-state index contributed by atoms with van der Waals surface area (Å²) in [7, 11) is 0. The summed E-state index contributed by atoms with van der Waals surface area (Å²) >= 11 is 0. The Hall–Kier alpha value is -2.68. The summed E-state index contributed by atoms with van der Waals surface area (Å²) in [6, 6.07) is 7.36. The first-order valence-electron chi connectivity index (χ1n) is 5.95. The van der Waals surface area contributed by atoms with Crippen LogP contribution in [0, 0.1) is 11.3 Å². The molecule has 0 spiro atoms. The minimum absolute atomic E-state index is 0.142. The summed E-state index contributed by atoms with van der Waals surface area (Å²) < 4.78 is 1.45. The molecular weight excluding hydrogens is 242 g/mol. The summed E-state index contributed by atoms with van der Waals surface area (Å²) in [5.74, 6) is 0.770. The second kappa shape index (κ2) is 5.78. The first-order valence-corrected chi connectivity index (χ1v) is 5.95. The minimum atomic E-state index is -0.142. The highest BCUT2D eigenvalue weighted by atomic mass is 16.1. The van der Waals surface area contributed by atoms with Crippen LogP contribution in [0.5, 0.6) is 0 Å². The van der Waals surface area contributed by atoms with Gasteiger partial charge in [0.25, 0.3) is 0 Å². The Labute approximate surface area is 110 Å². The number of hydrogen-bond donors (Lipinski definition) is 1. The Morgan fingerprint density at radius 1 is 1.53 bits per heavy atom. The normalized spacial score (nSPS) is 9.89. The lowest BCUT2D eigenvalue weighted by atomic mass is 10.3. The molecule has 0 radical (unpaired) electrons. The molecule has 6 nitrogen and oxygen atoms in total. The summed E-state index contributed by atoms with van der Waals surface area (Å²) in [6.45, 7) is 1.92. The highest BCUT2D eigenvalue weighted by Crippen LogP contribution is 2.18. The lowest BCUT2D eigenvalue weighted by Gasteiger charge is -2.08. The second-order valence-corrected chi connectivity index (χ2v) is 3.92. The van der Waals surface area contributed by atoms with E-state index in [0.717, 1.165) is 6.42 Å². The van der Waals surface area contributed by atoms with E-state index >= 15 is 0 Å². The molecule has 2 heterocycles. The first kappa shape index (κ1) is 12.8. The van der Waals surface area contributed by atoms with Crippen molar-refractivity contribution in [3.05, 3.63) is 36.2 Å². The highest BCUT2D eigenvalue weighted by molar-refractivity contribution is 5.91. The molecule has 1 N–H and O–H groups in total. The Bertz CT molecular complexity index is 612. The molecule has 0 unspecified atom stereocenters. The molecule has 2 rings (SSSR count). The van der Waals surface area contributed by atoms with Gasteiger partial charge in [-0.25, -0.2) is 4.98 Å². The van der Waals surface area contributed by atoms with Crippen LogP contribution in [0.1, 0.15) is 25.3 Å². The molecule has 0 saturated carbocycles. The maximum Gasteiger partial charge on any atom is 0.225 e. The van der Waals surface area contributed by atoms with Crippen LogP contribution in [0.15, 0.2) is 30.6 Å². The number of nitrogens with one attached hydrogen (secondary N) is 1. The number of carbonyl (C=O) groups excluding carboxylic acids is 1. The fourth-order valence-electron chi connectivity index (χ4n) is 1.62. The molecule has 6 heteroatoms. The first-order chi connectivity index (χ1) is 9.26. The molecule has 96 valence electrons. The topological polar surface area (TPSA) is 83.6 Å². The van der Waals surface area contributed by atoms with Gasteiger partial charge in [-0.15, -0.1) is 0 Å². The van der Waals surface area contributed by atoms with Crippen molar-refractivity contribution >= 4 is 11.7 Å². The predicted octanol–water partition coefficient (Wildman–Crippen LogP) is 1.88. The van der Waals surface area contributed by atoms with Crippen LogP contribution in [0.4, 0.5) is 5.82 Å². The van der Waals surface area contributed by atoms with Gasteiger partial charge in [-0.2, -0.15) is 15.0 Å². The van der Waals surface area contributed by atoms with Crippen molar-refractivity contribution in [2.45, 2.75) is 19.8 Å². The zero-order chi connectivity index (χ0) is 13.7. The SMILES string of the molecule is CCCC(=O)Nc1c(C#N)cnn1-c1ccccn1. The number of aromatic nitrogens is 3. The fraction of sp³-hybridized carbons (Fsp3) is 0.231. The van der Waals surface area contributed by atoms with E-state index < -0.39 is 0 Å². The molecule has 1 amide bonds. The van der Waals surface area contributed by atoms with Gasteiger partial charge < -0.3 is 5.32 Å². The maximum absolute atomic E-state index is 11.7. The molecular formula is C13H13N5O. The van der Waals surface area contributed by atoms with Crippen molar-refractivity contribution < 1.29 is 4.79 Å². The van der Waals surface area contributed by atoms with Crippen LogP contribution in [0.2, 0.25) is 0 Å². The van der Waals surface area contributed by atoms with Crippen LogP contribution < -0.4 is 5.32 Å². The molecule has 0 saturated heterocycles. The van der Waals surface area contributed by atoms with Crippen LogP contribution in [-0.4, -0.2) is 20.7 Å². The maximum atomic E-state index is 11.7. The van der Waals surface area contributed by atoms with E-state index in [-0.39, 0.29) is 5.91 Å². The number of anilines is 1. The average molecular weight is 255 g/mol. The Kier molecular flexibility index (Phi) is 3.88. The van der Waals surface area contributed by atoms with Gasteiger partial charge in [-0.1, -0.05) is 13.0 Å². The summed E-state index contributed by atoms with van der Waals surface area (Å²) in [5, 5.41) is 15.8. The standard InChI is InChI=1S/C13H13N5O/c1-2-5-12(19)17-13-10(8-14)9-16-18(13)11-6-3-4-7-15-11/h3-4,6-7,9H,2,5H2,1H3,(H,17,19). The molecule has 19 heavy (non-hydrogen) atoms. The number of hydrogen-bond acceptors (Lipinski definition) is 4. The van der Waals surface area contributed by atoms with Gasteiger partial charge in [0.2, 0.25) is 5.91 Å². The van der Waals surface area contributed by atoms with Crippen molar-refractivity contribution in [1.29, 1.82) is 5.26 Å². The minimum Gasteiger partial charge on any atom is -0.309 e. The molecule has 0 aliphatic carbocycles. The Morgan fingerprint density at radius 3 is 3.00 bits per heavy atom. The largest absolute Gasteiger partial charge is 0.309 e. The van der Waals surface area contributed by atoms with Crippen LogP contribution in [-0.2, 0) is 4.79 Å². The quantitative estimate of drug-likeness (QED) is 0.904. The zero-order valence-corrected chi connectivity index (χ0v) is 10.5. The van der Waals surface area contributed by atoms with E-state index in [1.807, 2.05) is 19.1 Å². The molecule has 0 bridgehead atoms. The Morgan fingerprint density at radius 2 is 2.37 bits per heavy atom. The van der Waals surface area contributed by atoms with Crippen LogP contribution in [0.25, 0.3) is 5.82 Å². The van der Waals surface area contributed by atoms with Gasteiger partial charge in [0.05, 0.1) is 6.20 Å². The van der Waals surface area contributed by atoms with Crippen molar-refractivity contribution in [3.63, 3.8) is 0 Å². The number of nitriles is 1.